The maximum Gasteiger partial charge on any atom is 0.310 e. The van der Waals surface area contributed by atoms with Gasteiger partial charge >= 0.3 is 5.97 Å². The summed E-state index contributed by atoms with van der Waals surface area (Å²) >= 11 is 1.64. The molecule has 0 bridgehead atoms. The van der Waals surface area contributed by atoms with E-state index in [4.69, 9.17) is 0 Å². The van der Waals surface area contributed by atoms with Crippen molar-refractivity contribution in [1.82, 2.24) is 0 Å². The SMILES string of the molecule is [CH2]OC(=O)Cc1csc2ccccc12. The molecule has 0 aliphatic heterocycles. The fraction of sp³-hybridized carbons (Fsp3) is 0.0909. The predicted octanol–water partition coefficient (Wildman–Crippen LogP) is 2.78. The number of benzene rings is 1. The van der Waals surface area contributed by atoms with E-state index in [1.165, 1.54) is 4.70 Å². The van der Waals surface area contributed by atoms with Gasteiger partial charge in [-0.05, 0) is 22.4 Å². The van der Waals surface area contributed by atoms with Crippen LogP contribution in [-0.2, 0) is 16.0 Å². The Kier molecular flexibility index (Phi) is 2.50. The van der Waals surface area contributed by atoms with Crippen molar-refractivity contribution in [2.45, 2.75) is 6.42 Å². The Balaban J connectivity index is 2.38. The lowest BCUT2D eigenvalue weighted by Crippen LogP contribution is -2.02. The number of carbonyl (C=O) groups is 1. The third-order valence-corrected chi connectivity index (χ3v) is 3.07. The molecule has 3 heteroatoms. The largest absolute Gasteiger partial charge is 0.462 e. The van der Waals surface area contributed by atoms with E-state index in [0.29, 0.717) is 6.42 Å². The molecular weight excluding hydrogens is 196 g/mol. The number of thiophene rings is 1. The third kappa shape index (κ3) is 1.63. The molecule has 1 radical (unpaired) electrons. The summed E-state index contributed by atoms with van der Waals surface area (Å²) in [5.41, 5.74) is 1.01. The van der Waals surface area contributed by atoms with E-state index in [-0.39, 0.29) is 5.97 Å². The molecule has 0 unspecified atom stereocenters. The number of rotatable bonds is 2. The van der Waals surface area contributed by atoms with Crippen molar-refractivity contribution >= 4 is 27.4 Å². The van der Waals surface area contributed by atoms with Crippen LogP contribution in [0.1, 0.15) is 5.56 Å². The van der Waals surface area contributed by atoms with Crippen molar-refractivity contribution in [1.29, 1.82) is 0 Å². The normalized spacial score (nSPS) is 10.4. The van der Waals surface area contributed by atoms with Crippen LogP contribution in [0.15, 0.2) is 29.6 Å². The van der Waals surface area contributed by atoms with Gasteiger partial charge < -0.3 is 4.74 Å². The Hall–Kier alpha value is -1.35. The molecule has 2 rings (SSSR count). The van der Waals surface area contributed by atoms with Crippen LogP contribution in [0.2, 0.25) is 0 Å². The van der Waals surface area contributed by atoms with Crippen molar-refractivity contribution in [3.63, 3.8) is 0 Å². The van der Waals surface area contributed by atoms with Crippen molar-refractivity contribution in [3.05, 3.63) is 42.3 Å². The molecule has 0 saturated heterocycles. The number of esters is 1. The van der Waals surface area contributed by atoms with Crippen molar-refractivity contribution in [2.24, 2.45) is 0 Å². The average Bonchev–Trinajstić information content (AvgIpc) is 2.62. The third-order valence-electron chi connectivity index (χ3n) is 2.06. The van der Waals surface area contributed by atoms with E-state index >= 15 is 0 Å². The number of hydrogen-bond donors (Lipinski definition) is 0. The number of carbonyl (C=O) groups excluding carboxylic acids is 1. The Morgan fingerprint density at radius 2 is 2.21 bits per heavy atom. The average molecular weight is 205 g/mol. The molecule has 0 spiro atoms. The van der Waals surface area contributed by atoms with Crippen LogP contribution in [0.4, 0.5) is 0 Å². The monoisotopic (exact) mass is 205 g/mol. The van der Waals surface area contributed by atoms with Gasteiger partial charge in [-0.3, -0.25) is 4.79 Å². The lowest BCUT2D eigenvalue weighted by Gasteiger charge is -1.97. The Morgan fingerprint density at radius 3 is 3.00 bits per heavy atom. The van der Waals surface area contributed by atoms with Crippen LogP contribution < -0.4 is 0 Å². The minimum Gasteiger partial charge on any atom is -0.462 e. The Labute approximate surface area is 86.1 Å². The Bertz CT molecular complexity index is 459. The molecule has 1 aromatic heterocycles. The van der Waals surface area contributed by atoms with E-state index < -0.39 is 0 Å². The van der Waals surface area contributed by atoms with Gasteiger partial charge in [-0.2, -0.15) is 0 Å². The molecule has 0 saturated carbocycles. The zero-order valence-electron chi connectivity index (χ0n) is 7.53. The summed E-state index contributed by atoms with van der Waals surface area (Å²) in [6, 6.07) is 8.01. The zero-order valence-corrected chi connectivity index (χ0v) is 8.34. The number of ether oxygens (including phenoxy) is 1. The van der Waals surface area contributed by atoms with Gasteiger partial charge in [0.15, 0.2) is 0 Å². The van der Waals surface area contributed by atoms with Crippen LogP contribution in [-0.4, -0.2) is 5.97 Å². The van der Waals surface area contributed by atoms with E-state index in [0.717, 1.165) is 10.9 Å². The van der Waals surface area contributed by atoms with Crippen LogP contribution in [0.25, 0.3) is 10.1 Å². The number of hydrogen-bond acceptors (Lipinski definition) is 3. The van der Waals surface area contributed by atoms with Crippen LogP contribution in [0.5, 0.6) is 0 Å². The molecule has 0 atom stereocenters. The first-order valence-electron chi connectivity index (χ1n) is 4.21. The molecule has 2 nitrogen and oxygen atoms in total. The van der Waals surface area contributed by atoms with E-state index in [9.17, 15) is 4.79 Å². The summed E-state index contributed by atoms with van der Waals surface area (Å²) in [6.45, 7) is 0. The highest BCUT2D eigenvalue weighted by atomic mass is 32.1. The van der Waals surface area contributed by atoms with Crippen molar-refractivity contribution < 1.29 is 9.53 Å². The fourth-order valence-electron chi connectivity index (χ4n) is 1.38. The highest BCUT2D eigenvalue weighted by molar-refractivity contribution is 7.17. The summed E-state index contributed by atoms with van der Waals surface area (Å²) in [4.78, 5) is 11.0. The zero-order chi connectivity index (χ0) is 9.97. The first-order valence-corrected chi connectivity index (χ1v) is 5.09. The molecule has 0 N–H and O–H groups in total. The molecule has 2 aromatic rings. The lowest BCUT2D eigenvalue weighted by atomic mass is 10.1. The van der Waals surface area contributed by atoms with Gasteiger partial charge in [0, 0.05) is 4.70 Å². The molecular formula is C11H9O2S. The topological polar surface area (TPSA) is 26.3 Å². The molecule has 1 aromatic carbocycles. The molecule has 0 amide bonds. The summed E-state index contributed by atoms with van der Waals surface area (Å²) in [5.74, 6) is -0.298. The molecule has 0 aliphatic carbocycles. The minimum atomic E-state index is -0.298. The highest BCUT2D eigenvalue weighted by Gasteiger charge is 2.07. The first-order chi connectivity index (χ1) is 6.81. The van der Waals surface area contributed by atoms with E-state index in [2.05, 4.69) is 11.8 Å². The summed E-state index contributed by atoms with van der Waals surface area (Å²) < 4.78 is 5.58. The smallest absolute Gasteiger partial charge is 0.310 e. The van der Waals surface area contributed by atoms with Crippen molar-refractivity contribution in [2.75, 3.05) is 0 Å². The van der Waals surface area contributed by atoms with Gasteiger partial charge in [-0.25, -0.2) is 0 Å². The summed E-state index contributed by atoms with van der Waals surface area (Å²) in [6.07, 6.45) is 0.299. The van der Waals surface area contributed by atoms with E-state index in [1.807, 2.05) is 29.6 Å². The van der Waals surface area contributed by atoms with Gasteiger partial charge in [0.1, 0.15) is 7.11 Å². The number of fused-ring (bicyclic) bond motifs is 1. The molecule has 14 heavy (non-hydrogen) atoms. The predicted molar refractivity (Wildman–Crippen MR) is 57.0 cm³/mol. The second kappa shape index (κ2) is 3.80. The second-order valence-electron chi connectivity index (χ2n) is 2.95. The summed E-state index contributed by atoms with van der Waals surface area (Å²) in [7, 11) is 3.10. The second-order valence-corrected chi connectivity index (χ2v) is 3.86. The van der Waals surface area contributed by atoms with Crippen molar-refractivity contribution in [3.8, 4) is 0 Å². The van der Waals surface area contributed by atoms with Crippen LogP contribution in [0, 0.1) is 7.11 Å². The van der Waals surface area contributed by atoms with E-state index in [1.54, 1.807) is 11.3 Å². The summed E-state index contributed by atoms with van der Waals surface area (Å²) in [5, 5.41) is 3.12. The molecule has 71 valence electrons. The highest BCUT2D eigenvalue weighted by Crippen LogP contribution is 2.25. The molecule has 0 fully saturated rings. The lowest BCUT2D eigenvalue weighted by molar-refractivity contribution is -0.137. The molecule has 1 heterocycles. The van der Waals surface area contributed by atoms with Gasteiger partial charge in [0.05, 0.1) is 6.42 Å². The van der Waals surface area contributed by atoms with Crippen LogP contribution in [0.3, 0.4) is 0 Å². The van der Waals surface area contributed by atoms with Crippen LogP contribution >= 0.6 is 11.3 Å². The standard InChI is InChI=1S/C11H9O2S/c1-13-11(12)6-8-7-14-10-5-3-2-4-9(8)10/h2-5,7H,1,6H2. The van der Waals surface area contributed by atoms with Gasteiger partial charge in [0.2, 0.25) is 0 Å². The fourth-order valence-corrected chi connectivity index (χ4v) is 2.34. The maximum absolute atomic E-state index is 11.0. The quantitative estimate of drug-likeness (QED) is 0.705. The Morgan fingerprint density at radius 1 is 1.43 bits per heavy atom. The maximum atomic E-state index is 11.0. The van der Waals surface area contributed by atoms with Gasteiger partial charge in [0.25, 0.3) is 0 Å². The minimum absolute atomic E-state index is 0.298. The van der Waals surface area contributed by atoms with Gasteiger partial charge in [-0.15, -0.1) is 11.3 Å². The first kappa shape index (κ1) is 9.21. The van der Waals surface area contributed by atoms with Gasteiger partial charge in [-0.1, -0.05) is 18.2 Å². The molecule has 0 aliphatic rings.